The van der Waals surface area contributed by atoms with E-state index in [1.807, 2.05) is 13.8 Å². The van der Waals surface area contributed by atoms with Crippen LogP contribution in [0.15, 0.2) is 53.6 Å². The lowest BCUT2D eigenvalue weighted by Crippen LogP contribution is -2.36. The molecule has 2 N–H and O–H groups in total. The van der Waals surface area contributed by atoms with Crippen LogP contribution in [0.3, 0.4) is 0 Å². The molecule has 5 nitrogen and oxygen atoms in total. The molecule has 0 atom stereocenters. The summed E-state index contributed by atoms with van der Waals surface area (Å²) in [5.41, 5.74) is 1.13. The average molecular weight is 376 g/mol. The number of hydrogen-bond donors (Lipinski definition) is 2. The Labute approximate surface area is 152 Å². The number of ether oxygens (including phenoxy) is 1. The number of sulfonamides is 1. The number of nitrogens with one attached hydrogen (secondary N) is 2. The molecule has 0 aliphatic heterocycles. The lowest BCUT2D eigenvalue weighted by Gasteiger charge is -2.25. The van der Waals surface area contributed by atoms with Crippen LogP contribution in [0.5, 0.6) is 5.75 Å². The van der Waals surface area contributed by atoms with Crippen molar-refractivity contribution < 1.29 is 17.5 Å². The van der Waals surface area contributed by atoms with Crippen LogP contribution in [0.25, 0.3) is 10.9 Å². The Hall–Kier alpha value is -2.38. The van der Waals surface area contributed by atoms with E-state index < -0.39 is 15.4 Å². The summed E-state index contributed by atoms with van der Waals surface area (Å²) in [5, 5.41) is 0.749. The molecule has 0 spiro atoms. The summed E-state index contributed by atoms with van der Waals surface area (Å²) >= 11 is 0. The fourth-order valence-electron chi connectivity index (χ4n) is 2.86. The highest BCUT2D eigenvalue weighted by molar-refractivity contribution is 7.89. The van der Waals surface area contributed by atoms with Gasteiger partial charge >= 0.3 is 0 Å². The van der Waals surface area contributed by atoms with Crippen LogP contribution in [0.1, 0.15) is 19.4 Å². The molecular weight excluding hydrogens is 355 g/mol. The number of hydrogen-bond acceptors (Lipinski definition) is 3. The van der Waals surface area contributed by atoms with Crippen molar-refractivity contribution in [2.75, 3.05) is 13.7 Å². The molecule has 0 saturated carbocycles. The Morgan fingerprint density at radius 1 is 1.15 bits per heavy atom. The lowest BCUT2D eigenvalue weighted by atomic mass is 9.85. The molecule has 26 heavy (non-hydrogen) atoms. The minimum Gasteiger partial charge on any atom is -0.497 e. The van der Waals surface area contributed by atoms with E-state index in [1.54, 1.807) is 24.4 Å². The first kappa shape index (κ1) is 18.4. The highest BCUT2D eigenvalue weighted by Gasteiger charge is 2.27. The fraction of sp³-hybridized carbons (Fsp3) is 0.263. The van der Waals surface area contributed by atoms with Gasteiger partial charge in [-0.15, -0.1) is 0 Å². The molecule has 0 bridgehead atoms. The van der Waals surface area contributed by atoms with Gasteiger partial charge in [0.25, 0.3) is 0 Å². The molecule has 3 aromatic rings. The first-order valence-corrected chi connectivity index (χ1v) is 9.62. The van der Waals surface area contributed by atoms with E-state index in [0.717, 1.165) is 16.5 Å². The van der Waals surface area contributed by atoms with Crippen molar-refractivity contribution in [1.29, 1.82) is 0 Å². The van der Waals surface area contributed by atoms with Gasteiger partial charge in [0.15, 0.2) is 0 Å². The minimum atomic E-state index is -3.66. The Balaban J connectivity index is 1.83. The topological polar surface area (TPSA) is 71.2 Å². The summed E-state index contributed by atoms with van der Waals surface area (Å²) in [5.74, 6) is 0.262. The summed E-state index contributed by atoms with van der Waals surface area (Å²) in [4.78, 5) is 3.27. The highest BCUT2D eigenvalue weighted by atomic mass is 32.2. The van der Waals surface area contributed by atoms with Crippen LogP contribution in [-0.2, 0) is 15.4 Å². The third kappa shape index (κ3) is 3.59. The zero-order chi connectivity index (χ0) is 18.9. The predicted molar refractivity (Wildman–Crippen MR) is 99.5 cm³/mol. The van der Waals surface area contributed by atoms with Crippen molar-refractivity contribution in [1.82, 2.24) is 9.71 Å². The van der Waals surface area contributed by atoms with Gasteiger partial charge in [0.2, 0.25) is 10.0 Å². The zero-order valence-corrected chi connectivity index (χ0v) is 15.7. The van der Waals surface area contributed by atoms with Crippen molar-refractivity contribution in [2.24, 2.45) is 0 Å². The summed E-state index contributed by atoms with van der Waals surface area (Å²) < 4.78 is 46.4. The van der Waals surface area contributed by atoms with E-state index in [9.17, 15) is 12.8 Å². The lowest BCUT2D eigenvalue weighted by molar-refractivity contribution is 0.414. The number of aromatic nitrogens is 1. The van der Waals surface area contributed by atoms with Gasteiger partial charge in [0, 0.05) is 29.1 Å². The van der Waals surface area contributed by atoms with Crippen molar-refractivity contribution in [3.05, 3.63) is 60.0 Å². The molecule has 0 radical (unpaired) electrons. The number of rotatable bonds is 6. The maximum atomic E-state index is 13.6. The molecule has 0 saturated heterocycles. The third-order valence-electron chi connectivity index (χ3n) is 4.45. The number of fused-ring (bicyclic) bond motifs is 1. The van der Waals surface area contributed by atoms with Crippen LogP contribution < -0.4 is 9.46 Å². The smallest absolute Gasteiger partial charge is 0.240 e. The minimum absolute atomic E-state index is 0.166. The van der Waals surface area contributed by atoms with Crippen LogP contribution in [-0.4, -0.2) is 27.1 Å². The molecular formula is C19H21FN2O3S. The van der Waals surface area contributed by atoms with E-state index in [2.05, 4.69) is 9.71 Å². The molecule has 138 valence electrons. The Morgan fingerprint density at radius 3 is 2.50 bits per heavy atom. The molecule has 3 rings (SSSR count). The van der Waals surface area contributed by atoms with Crippen LogP contribution in [0.2, 0.25) is 0 Å². The molecule has 2 aromatic carbocycles. The van der Waals surface area contributed by atoms with Crippen LogP contribution >= 0.6 is 0 Å². The molecule has 1 aromatic heterocycles. The Bertz CT molecular complexity index is 1020. The van der Waals surface area contributed by atoms with Crippen LogP contribution in [0, 0.1) is 5.82 Å². The third-order valence-corrected chi connectivity index (χ3v) is 5.86. The zero-order valence-electron chi connectivity index (χ0n) is 14.8. The fourth-order valence-corrected chi connectivity index (χ4v) is 4.07. The first-order valence-electron chi connectivity index (χ1n) is 8.14. The second-order valence-electron chi connectivity index (χ2n) is 6.78. The van der Waals surface area contributed by atoms with Crippen LogP contribution in [0.4, 0.5) is 4.39 Å². The second-order valence-corrected chi connectivity index (χ2v) is 8.54. The van der Waals surface area contributed by atoms with Gasteiger partial charge in [-0.1, -0.05) is 13.8 Å². The van der Waals surface area contributed by atoms with E-state index in [4.69, 9.17) is 4.74 Å². The predicted octanol–water partition coefficient (Wildman–Crippen LogP) is 3.57. The molecule has 0 aliphatic rings. The highest BCUT2D eigenvalue weighted by Crippen LogP contribution is 2.31. The molecule has 0 fully saturated rings. The summed E-state index contributed by atoms with van der Waals surface area (Å²) in [6.07, 6.45) is 1.80. The Kier molecular flexibility index (Phi) is 4.77. The molecule has 0 unspecified atom stereocenters. The van der Waals surface area contributed by atoms with Crippen molar-refractivity contribution >= 4 is 20.9 Å². The van der Waals surface area contributed by atoms with Crippen molar-refractivity contribution in [2.45, 2.75) is 24.2 Å². The summed E-state index contributed by atoms with van der Waals surface area (Å²) in [6, 6.07) is 10.7. The first-order chi connectivity index (χ1) is 12.2. The van der Waals surface area contributed by atoms with Gasteiger partial charge in [-0.3, -0.25) is 0 Å². The number of H-pyrrole nitrogens is 1. The van der Waals surface area contributed by atoms with E-state index in [-0.39, 0.29) is 17.3 Å². The summed E-state index contributed by atoms with van der Waals surface area (Å²) in [7, 11) is -2.14. The Morgan fingerprint density at radius 2 is 1.85 bits per heavy atom. The number of aromatic amines is 1. The van der Waals surface area contributed by atoms with Gasteiger partial charge in [-0.25, -0.2) is 17.5 Å². The van der Waals surface area contributed by atoms with Gasteiger partial charge in [-0.05, 0) is 48.0 Å². The summed E-state index contributed by atoms with van der Waals surface area (Å²) in [6.45, 7) is 4.00. The van der Waals surface area contributed by atoms with E-state index >= 15 is 0 Å². The normalized spacial score (nSPS) is 12.5. The monoisotopic (exact) mass is 376 g/mol. The maximum Gasteiger partial charge on any atom is 0.240 e. The van der Waals surface area contributed by atoms with Gasteiger partial charge in [0.1, 0.15) is 11.6 Å². The quantitative estimate of drug-likeness (QED) is 0.691. The standard InChI is InChI=1S/C19H21FN2O3S/c1-19(2,17-11-21-18-9-4-13(20)10-16(17)18)12-22-26(23,24)15-7-5-14(25-3)6-8-15/h4-11,21-22H,12H2,1-3H3. The molecule has 0 aliphatic carbocycles. The van der Waals surface area contributed by atoms with Gasteiger partial charge < -0.3 is 9.72 Å². The number of benzene rings is 2. The van der Waals surface area contributed by atoms with Gasteiger partial charge in [0.05, 0.1) is 12.0 Å². The maximum absolute atomic E-state index is 13.6. The van der Waals surface area contributed by atoms with Crippen molar-refractivity contribution in [3.8, 4) is 5.75 Å². The number of halogens is 1. The average Bonchev–Trinajstić information content (AvgIpc) is 3.04. The van der Waals surface area contributed by atoms with Gasteiger partial charge in [-0.2, -0.15) is 0 Å². The SMILES string of the molecule is COc1ccc(S(=O)(=O)NCC(C)(C)c2c[nH]c3ccc(F)cc23)cc1. The van der Waals surface area contributed by atoms with Crippen molar-refractivity contribution in [3.63, 3.8) is 0 Å². The molecule has 1 heterocycles. The van der Waals surface area contributed by atoms with E-state index in [0.29, 0.717) is 5.75 Å². The van der Waals surface area contributed by atoms with E-state index in [1.165, 1.54) is 31.4 Å². The molecule has 7 heteroatoms. The second kappa shape index (κ2) is 6.74. The molecule has 0 amide bonds. The largest absolute Gasteiger partial charge is 0.497 e. The number of methoxy groups -OCH3 is 1.